The Kier molecular flexibility index (Phi) is 4.62. The summed E-state index contributed by atoms with van der Waals surface area (Å²) >= 11 is 0. The quantitative estimate of drug-likeness (QED) is 0.522. The Balaban J connectivity index is 1.51. The lowest BCUT2D eigenvalue weighted by atomic mass is 10.00. The van der Waals surface area contributed by atoms with Crippen LogP contribution in [0.1, 0.15) is 24.1 Å². The minimum absolute atomic E-state index is 0.0658. The third-order valence-electron chi connectivity index (χ3n) is 5.57. The molecule has 5 heterocycles. The zero-order valence-electron chi connectivity index (χ0n) is 16.5. The Morgan fingerprint density at radius 3 is 2.77 bits per heavy atom. The fourth-order valence-corrected chi connectivity index (χ4v) is 3.99. The SMILES string of the molecule is CC1C(c2cn[nH]c2)NCCN1c1ccnc(-c2cnc3ccc(C(F)(F)F)cn23)n1. The molecule has 31 heavy (non-hydrogen) atoms. The number of hydrogen-bond acceptors (Lipinski definition) is 6. The van der Waals surface area contributed by atoms with E-state index in [2.05, 4.69) is 42.3 Å². The van der Waals surface area contributed by atoms with Crippen LogP contribution in [0.5, 0.6) is 0 Å². The van der Waals surface area contributed by atoms with Crippen LogP contribution < -0.4 is 10.2 Å². The number of H-pyrrole nitrogens is 1. The first-order valence-corrected chi connectivity index (χ1v) is 9.78. The second kappa shape index (κ2) is 7.34. The number of halogens is 3. The first-order chi connectivity index (χ1) is 14.9. The summed E-state index contributed by atoms with van der Waals surface area (Å²) < 4.78 is 40.9. The van der Waals surface area contributed by atoms with Crippen molar-refractivity contribution in [3.8, 4) is 11.5 Å². The van der Waals surface area contributed by atoms with Gasteiger partial charge in [0.05, 0.1) is 24.0 Å². The molecule has 1 fully saturated rings. The van der Waals surface area contributed by atoms with Gasteiger partial charge in [-0.2, -0.15) is 18.3 Å². The molecule has 1 saturated heterocycles. The molecule has 0 spiro atoms. The first-order valence-electron chi connectivity index (χ1n) is 9.78. The molecule has 0 aromatic carbocycles. The number of piperazine rings is 1. The number of rotatable bonds is 3. The molecule has 8 nitrogen and oxygen atoms in total. The Morgan fingerprint density at radius 1 is 1.13 bits per heavy atom. The summed E-state index contributed by atoms with van der Waals surface area (Å²) in [5, 5.41) is 10.4. The van der Waals surface area contributed by atoms with Crippen LogP contribution in [0, 0.1) is 0 Å². The van der Waals surface area contributed by atoms with Crippen LogP contribution in [0.3, 0.4) is 0 Å². The lowest BCUT2D eigenvalue weighted by molar-refractivity contribution is -0.137. The number of hydrogen-bond donors (Lipinski definition) is 2. The molecule has 0 aliphatic carbocycles. The van der Waals surface area contributed by atoms with Gasteiger partial charge in [-0.15, -0.1) is 0 Å². The molecule has 4 aromatic heterocycles. The van der Waals surface area contributed by atoms with E-state index in [1.807, 2.05) is 12.3 Å². The summed E-state index contributed by atoms with van der Waals surface area (Å²) in [4.78, 5) is 15.3. The lowest BCUT2D eigenvalue weighted by Gasteiger charge is -2.40. The Morgan fingerprint density at radius 2 is 2.00 bits per heavy atom. The van der Waals surface area contributed by atoms with E-state index in [1.54, 1.807) is 12.4 Å². The first kappa shape index (κ1) is 19.5. The summed E-state index contributed by atoms with van der Waals surface area (Å²) in [5.74, 6) is 1.02. The fraction of sp³-hybridized carbons (Fsp3) is 0.300. The van der Waals surface area contributed by atoms with E-state index in [0.717, 1.165) is 30.9 Å². The molecule has 11 heteroatoms. The maximum atomic E-state index is 13.2. The Hall–Kier alpha value is -3.47. The number of anilines is 1. The second-order valence-electron chi connectivity index (χ2n) is 7.42. The fourth-order valence-electron chi connectivity index (χ4n) is 3.99. The van der Waals surface area contributed by atoms with Crippen molar-refractivity contribution in [2.45, 2.75) is 25.2 Å². The highest BCUT2D eigenvalue weighted by Crippen LogP contribution is 2.31. The summed E-state index contributed by atoms with van der Waals surface area (Å²) in [6.45, 7) is 3.58. The van der Waals surface area contributed by atoms with E-state index < -0.39 is 11.7 Å². The molecule has 1 aliphatic rings. The topological polar surface area (TPSA) is 87.0 Å². The van der Waals surface area contributed by atoms with Crippen molar-refractivity contribution in [2.75, 3.05) is 18.0 Å². The van der Waals surface area contributed by atoms with Crippen LogP contribution >= 0.6 is 0 Å². The zero-order valence-corrected chi connectivity index (χ0v) is 16.5. The lowest BCUT2D eigenvalue weighted by Crippen LogP contribution is -2.52. The molecule has 0 saturated carbocycles. The number of nitrogens with zero attached hydrogens (tertiary/aromatic N) is 6. The molecular weight excluding hydrogens is 409 g/mol. The molecule has 0 radical (unpaired) electrons. The van der Waals surface area contributed by atoms with Crippen LogP contribution in [0.25, 0.3) is 17.2 Å². The summed E-state index contributed by atoms with van der Waals surface area (Å²) in [6.07, 6.45) is 3.34. The van der Waals surface area contributed by atoms with E-state index in [0.29, 0.717) is 23.0 Å². The number of aromatic amines is 1. The number of imidazole rings is 1. The van der Waals surface area contributed by atoms with Gasteiger partial charge >= 0.3 is 6.18 Å². The number of fused-ring (bicyclic) bond motifs is 1. The van der Waals surface area contributed by atoms with Crippen molar-refractivity contribution in [1.29, 1.82) is 0 Å². The van der Waals surface area contributed by atoms with E-state index in [1.165, 1.54) is 16.7 Å². The highest BCUT2D eigenvalue weighted by molar-refractivity contribution is 5.59. The average molecular weight is 428 g/mol. The molecule has 0 amide bonds. The van der Waals surface area contributed by atoms with Crippen LogP contribution in [-0.2, 0) is 6.18 Å². The van der Waals surface area contributed by atoms with Gasteiger partial charge < -0.3 is 10.2 Å². The van der Waals surface area contributed by atoms with Gasteiger partial charge in [0.1, 0.15) is 17.2 Å². The summed E-state index contributed by atoms with van der Waals surface area (Å²) in [7, 11) is 0. The Labute approximate surface area is 175 Å². The van der Waals surface area contributed by atoms with Crippen LogP contribution in [0.4, 0.5) is 19.0 Å². The van der Waals surface area contributed by atoms with Crippen molar-refractivity contribution in [3.05, 3.63) is 60.3 Å². The van der Waals surface area contributed by atoms with E-state index in [4.69, 9.17) is 0 Å². The predicted molar refractivity (Wildman–Crippen MR) is 107 cm³/mol. The van der Waals surface area contributed by atoms with Crippen LogP contribution in [-0.4, -0.2) is 48.7 Å². The minimum atomic E-state index is -4.45. The largest absolute Gasteiger partial charge is 0.417 e. The predicted octanol–water partition coefficient (Wildman–Crippen LogP) is 3.07. The highest BCUT2D eigenvalue weighted by atomic mass is 19.4. The van der Waals surface area contributed by atoms with Crippen molar-refractivity contribution < 1.29 is 13.2 Å². The third-order valence-corrected chi connectivity index (χ3v) is 5.57. The smallest absolute Gasteiger partial charge is 0.351 e. The molecule has 160 valence electrons. The standard InChI is InChI=1S/C20H19F3N8/c1-12-18(13-8-27-28-9-13)24-6-7-30(12)17-4-5-25-19(29-17)15-10-26-16-3-2-14(11-31(15)16)20(21,22)23/h2-5,8-12,18,24H,6-7H2,1H3,(H,27,28). The number of pyridine rings is 1. The molecule has 5 rings (SSSR count). The normalized spacial score (nSPS) is 19.8. The van der Waals surface area contributed by atoms with Crippen molar-refractivity contribution in [1.82, 2.24) is 34.9 Å². The van der Waals surface area contributed by atoms with Gasteiger partial charge in [0.25, 0.3) is 0 Å². The molecule has 0 bridgehead atoms. The van der Waals surface area contributed by atoms with Gasteiger partial charge in [-0.1, -0.05) is 0 Å². The average Bonchev–Trinajstić information content (AvgIpc) is 3.43. The van der Waals surface area contributed by atoms with Crippen LogP contribution in [0.2, 0.25) is 0 Å². The number of nitrogens with one attached hydrogen (secondary N) is 2. The Bertz CT molecular complexity index is 1200. The van der Waals surface area contributed by atoms with E-state index >= 15 is 0 Å². The van der Waals surface area contributed by atoms with Crippen molar-refractivity contribution in [3.63, 3.8) is 0 Å². The zero-order chi connectivity index (χ0) is 21.6. The molecule has 2 atom stereocenters. The van der Waals surface area contributed by atoms with Gasteiger partial charge in [0.15, 0.2) is 5.82 Å². The minimum Gasteiger partial charge on any atom is -0.351 e. The summed E-state index contributed by atoms with van der Waals surface area (Å²) in [5.41, 5.74) is 1.09. The molecular formula is C20H19F3N8. The molecule has 2 unspecified atom stereocenters. The number of aromatic nitrogens is 6. The third kappa shape index (κ3) is 3.50. The van der Waals surface area contributed by atoms with Crippen molar-refractivity contribution in [2.24, 2.45) is 0 Å². The van der Waals surface area contributed by atoms with Gasteiger partial charge in [-0.3, -0.25) is 9.50 Å². The van der Waals surface area contributed by atoms with Gasteiger partial charge in [-0.25, -0.2) is 15.0 Å². The maximum absolute atomic E-state index is 13.2. The van der Waals surface area contributed by atoms with Crippen molar-refractivity contribution >= 4 is 11.5 Å². The maximum Gasteiger partial charge on any atom is 0.417 e. The highest BCUT2D eigenvalue weighted by Gasteiger charge is 2.32. The number of alkyl halides is 3. The van der Waals surface area contributed by atoms with Crippen LogP contribution in [0.15, 0.2) is 49.2 Å². The summed E-state index contributed by atoms with van der Waals surface area (Å²) in [6, 6.07) is 4.30. The van der Waals surface area contributed by atoms with E-state index in [9.17, 15) is 13.2 Å². The molecule has 4 aromatic rings. The van der Waals surface area contributed by atoms with Gasteiger partial charge in [0.2, 0.25) is 0 Å². The molecule has 2 N–H and O–H groups in total. The molecule has 1 aliphatic heterocycles. The van der Waals surface area contributed by atoms with E-state index in [-0.39, 0.29) is 12.1 Å². The van der Waals surface area contributed by atoms with Gasteiger partial charge in [0, 0.05) is 43.3 Å². The second-order valence-corrected chi connectivity index (χ2v) is 7.42. The monoisotopic (exact) mass is 428 g/mol. The van der Waals surface area contributed by atoms with Gasteiger partial charge in [-0.05, 0) is 25.1 Å².